The molecule has 0 fully saturated rings. The molecule has 19 heavy (non-hydrogen) atoms. The van der Waals surface area contributed by atoms with E-state index in [9.17, 15) is 4.79 Å². The number of nitrogens with one attached hydrogen (secondary N) is 1. The van der Waals surface area contributed by atoms with Crippen LogP contribution in [0.2, 0.25) is 0 Å². The molecule has 0 heterocycles. The van der Waals surface area contributed by atoms with E-state index in [1.165, 1.54) is 0 Å². The summed E-state index contributed by atoms with van der Waals surface area (Å²) in [5.41, 5.74) is 13.4. The minimum Gasteiger partial charge on any atom is -0.378 e. The van der Waals surface area contributed by atoms with Crippen LogP contribution in [0.4, 0.5) is 5.69 Å². The van der Waals surface area contributed by atoms with Crippen molar-refractivity contribution in [3.63, 3.8) is 0 Å². The molecule has 0 aromatic heterocycles. The van der Waals surface area contributed by atoms with Crippen LogP contribution in [0.1, 0.15) is 43.1 Å². The summed E-state index contributed by atoms with van der Waals surface area (Å²) < 4.78 is 0. The van der Waals surface area contributed by atoms with Gasteiger partial charge in [0.05, 0.1) is 5.56 Å². The number of hydrogen-bond acceptors (Lipinski definition) is 3. The Bertz CT molecular complexity index is 457. The highest BCUT2D eigenvalue weighted by Crippen LogP contribution is 2.25. The summed E-state index contributed by atoms with van der Waals surface area (Å²) in [6.45, 7) is 8.86. The maximum atomic E-state index is 11.5. The molecule has 0 radical (unpaired) electrons. The zero-order chi connectivity index (χ0) is 14.6. The molecular formula is C15H25N3O. The van der Waals surface area contributed by atoms with Crippen molar-refractivity contribution in [3.8, 4) is 0 Å². The first-order valence-electron chi connectivity index (χ1n) is 6.66. The SMILES string of the molecule is Cc1ccc(C(N)=O)c(NC(C)(CN)CC(C)C)c1. The number of primary amides is 1. The van der Waals surface area contributed by atoms with Gasteiger partial charge < -0.3 is 16.8 Å². The van der Waals surface area contributed by atoms with Gasteiger partial charge in [0.1, 0.15) is 0 Å². The van der Waals surface area contributed by atoms with E-state index < -0.39 is 5.91 Å². The van der Waals surface area contributed by atoms with Crippen molar-refractivity contribution in [1.29, 1.82) is 0 Å². The molecule has 1 amide bonds. The van der Waals surface area contributed by atoms with Gasteiger partial charge in [-0.15, -0.1) is 0 Å². The maximum absolute atomic E-state index is 11.5. The molecule has 4 nitrogen and oxygen atoms in total. The van der Waals surface area contributed by atoms with Crippen LogP contribution in [0.5, 0.6) is 0 Å². The van der Waals surface area contributed by atoms with E-state index in [-0.39, 0.29) is 5.54 Å². The molecule has 0 bridgehead atoms. The van der Waals surface area contributed by atoms with E-state index in [2.05, 4.69) is 26.1 Å². The molecule has 1 aromatic rings. The summed E-state index contributed by atoms with van der Waals surface area (Å²) >= 11 is 0. The Morgan fingerprint density at radius 3 is 2.53 bits per heavy atom. The number of aryl methyl sites for hydroxylation is 1. The molecule has 0 aliphatic heterocycles. The highest BCUT2D eigenvalue weighted by Gasteiger charge is 2.25. The third-order valence-electron chi connectivity index (χ3n) is 3.19. The molecule has 1 unspecified atom stereocenters. The minimum absolute atomic E-state index is 0.244. The number of rotatable bonds is 6. The molecule has 1 aromatic carbocycles. The fourth-order valence-electron chi connectivity index (χ4n) is 2.39. The lowest BCUT2D eigenvalue weighted by Crippen LogP contribution is -2.44. The first-order chi connectivity index (χ1) is 8.77. The largest absolute Gasteiger partial charge is 0.378 e. The van der Waals surface area contributed by atoms with Crippen LogP contribution in [0.25, 0.3) is 0 Å². The number of carbonyl (C=O) groups is 1. The molecule has 1 rings (SSSR count). The second kappa shape index (κ2) is 6.06. The van der Waals surface area contributed by atoms with Gasteiger partial charge in [-0.3, -0.25) is 4.79 Å². The molecule has 0 spiro atoms. The lowest BCUT2D eigenvalue weighted by Gasteiger charge is -2.33. The predicted molar refractivity (Wildman–Crippen MR) is 80.2 cm³/mol. The second-order valence-corrected chi connectivity index (χ2v) is 5.90. The number of hydrogen-bond donors (Lipinski definition) is 3. The molecule has 5 N–H and O–H groups in total. The van der Waals surface area contributed by atoms with Crippen LogP contribution in [0, 0.1) is 12.8 Å². The summed E-state index contributed by atoms with van der Waals surface area (Å²) in [7, 11) is 0. The van der Waals surface area contributed by atoms with Gasteiger partial charge in [-0.1, -0.05) is 19.9 Å². The second-order valence-electron chi connectivity index (χ2n) is 5.90. The molecular weight excluding hydrogens is 238 g/mol. The van der Waals surface area contributed by atoms with E-state index in [0.29, 0.717) is 18.0 Å². The monoisotopic (exact) mass is 263 g/mol. The van der Waals surface area contributed by atoms with E-state index in [1.54, 1.807) is 6.07 Å². The number of amides is 1. The van der Waals surface area contributed by atoms with Crippen LogP contribution in [0.3, 0.4) is 0 Å². The van der Waals surface area contributed by atoms with Crippen molar-refractivity contribution in [2.45, 2.75) is 39.7 Å². The van der Waals surface area contributed by atoms with E-state index in [1.807, 2.05) is 19.1 Å². The average Bonchev–Trinajstić information content (AvgIpc) is 2.27. The van der Waals surface area contributed by atoms with E-state index >= 15 is 0 Å². The van der Waals surface area contributed by atoms with Crippen LogP contribution in [-0.4, -0.2) is 18.0 Å². The Morgan fingerprint density at radius 1 is 1.42 bits per heavy atom. The topological polar surface area (TPSA) is 81.1 Å². The fraction of sp³-hybridized carbons (Fsp3) is 0.533. The van der Waals surface area contributed by atoms with Gasteiger partial charge in [-0.25, -0.2) is 0 Å². The minimum atomic E-state index is -0.425. The predicted octanol–water partition coefficient (Wildman–Crippen LogP) is 2.27. The van der Waals surface area contributed by atoms with Crippen molar-refractivity contribution in [2.24, 2.45) is 17.4 Å². The summed E-state index contributed by atoms with van der Waals surface area (Å²) in [4.78, 5) is 11.5. The molecule has 0 aliphatic carbocycles. The Morgan fingerprint density at radius 2 is 2.05 bits per heavy atom. The third-order valence-corrected chi connectivity index (χ3v) is 3.19. The molecule has 4 heteroatoms. The quantitative estimate of drug-likeness (QED) is 0.736. The molecule has 0 aliphatic rings. The number of benzene rings is 1. The lowest BCUT2D eigenvalue weighted by atomic mass is 9.90. The van der Waals surface area contributed by atoms with Crippen molar-refractivity contribution in [1.82, 2.24) is 0 Å². The van der Waals surface area contributed by atoms with Crippen LogP contribution in [-0.2, 0) is 0 Å². The van der Waals surface area contributed by atoms with Crippen molar-refractivity contribution < 1.29 is 4.79 Å². The van der Waals surface area contributed by atoms with Gasteiger partial charge in [-0.2, -0.15) is 0 Å². The summed E-state index contributed by atoms with van der Waals surface area (Å²) in [6, 6.07) is 5.58. The molecule has 0 saturated heterocycles. The van der Waals surface area contributed by atoms with Gasteiger partial charge >= 0.3 is 0 Å². The van der Waals surface area contributed by atoms with Crippen molar-refractivity contribution in [3.05, 3.63) is 29.3 Å². The fourth-order valence-corrected chi connectivity index (χ4v) is 2.39. The van der Waals surface area contributed by atoms with Crippen LogP contribution >= 0.6 is 0 Å². The zero-order valence-corrected chi connectivity index (χ0v) is 12.3. The third kappa shape index (κ3) is 4.24. The Hall–Kier alpha value is -1.55. The number of nitrogens with two attached hydrogens (primary N) is 2. The Balaban J connectivity index is 3.08. The standard InChI is InChI=1S/C15H25N3O/c1-10(2)8-15(4,9-16)18-13-7-11(3)5-6-12(13)14(17)19/h5-7,10,18H,8-9,16H2,1-4H3,(H2,17,19). The Kier molecular flexibility index (Phi) is 4.95. The number of anilines is 1. The van der Waals surface area contributed by atoms with Crippen molar-refractivity contribution >= 4 is 11.6 Å². The van der Waals surface area contributed by atoms with Gasteiger partial charge in [-0.05, 0) is 43.9 Å². The Labute approximate surface area is 115 Å². The van der Waals surface area contributed by atoms with Crippen LogP contribution in [0.15, 0.2) is 18.2 Å². The maximum Gasteiger partial charge on any atom is 0.250 e. The van der Waals surface area contributed by atoms with Gasteiger partial charge in [0.2, 0.25) is 0 Å². The first-order valence-corrected chi connectivity index (χ1v) is 6.66. The summed E-state index contributed by atoms with van der Waals surface area (Å²) in [5, 5.41) is 3.40. The highest BCUT2D eigenvalue weighted by molar-refractivity contribution is 5.98. The summed E-state index contributed by atoms with van der Waals surface area (Å²) in [5.74, 6) is 0.0919. The van der Waals surface area contributed by atoms with E-state index in [0.717, 1.165) is 17.7 Å². The summed E-state index contributed by atoms with van der Waals surface area (Å²) in [6.07, 6.45) is 0.926. The molecule has 106 valence electrons. The van der Waals surface area contributed by atoms with Gasteiger partial charge in [0, 0.05) is 17.8 Å². The molecule has 0 saturated carbocycles. The highest BCUT2D eigenvalue weighted by atomic mass is 16.1. The van der Waals surface area contributed by atoms with Crippen molar-refractivity contribution in [2.75, 3.05) is 11.9 Å². The first kappa shape index (κ1) is 15.5. The molecule has 1 atom stereocenters. The smallest absolute Gasteiger partial charge is 0.250 e. The van der Waals surface area contributed by atoms with Crippen LogP contribution < -0.4 is 16.8 Å². The zero-order valence-electron chi connectivity index (χ0n) is 12.3. The van der Waals surface area contributed by atoms with Gasteiger partial charge in [0.25, 0.3) is 5.91 Å². The average molecular weight is 263 g/mol. The number of carbonyl (C=O) groups excluding carboxylic acids is 1. The van der Waals surface area contributed by atoms with E-state index in [4.69, 9.17) is 11.5 Å². The normalized spacial score (nSPS) is 14.2. The van der Waals surface area contributed by atoms with Gasteiger partial charge in [0.15, 0.2) is 0 Å². The lowest BCUT2D eigenvalue weighted by molar-refractivity contribution is 0.100.